The summed E-state index contributed by atoms with van der Waals surface area (Å²) in [6, 6.07) is 2.11. The number of carbonyl (C=O) groups is 1. The maximum atomic E-state index is 12.1. The van der Waals surface area contributed by atoms with Gasteiger partial charge in [-0.05, 0) is 45.0 Å². The van der Waals surface area contributed by atoms with Crippen LogP contribution in [0.2, 0.25) is 0 Å². The summed E-state index contributed by atoms with van der Waals surface area (Å²) in [5.74, 6) is 1.00. The van der Waals surface area contributed by atoms with Gasteiger partial charge in [0.15, 0.2) is 0 Å². The van der Waals surface area contributed by atoms with Gasteiger partial charge in [-0.3, -0.25) is 4.79 Å². The van der Waals surface area contributed by atoms with Crippen molar-refractivity contribution in [3.05, 3.63) is 23.4 Å². The zero-order valence-corrected chi connectivity index (χ0v) is 13.2. The SMILES string of the molecule is CCN(CC)C(=O)CN(C)c1ncc(CNC)cc1C. The molecule has 0 saturated carbocycles. The molecule has 5 nitrogen and oxygen atoms in total. The third-order valence-corrected chi connectivity index (χ3v) is 3.34. The van der Waals surface area contributed by atoms with Gasteiger partial charge in [-0.2, -0.15) is 0 Å². The Morgan fingerprint density at radius 3 is 2.50 bits per heavy atom. The molecule has 1 heterocycles. The molecule has 0 saturated heterocycles. The van der Waals surface area contributed by atoms with Gasteiger partial charge in [-0.15, -0.1) is 0 Å². The van der Waals surface area contributed by atoms with Crippen LogP contribution in [-0.4, -0.2) is 49.5 Å². The van der Waals surface area contributed by atoms with Gasteiger partial charge in [0.25, 0.3) is 0 Å². The molecule has 0 radical (unpaired) electrons. The van der Waals surface area contributed by atoms with Gasteiger partial charge in [-0.1, -0.05) is 0 Å². The average molecular weight is 278 g/mol. The second-order valence-corrected chi connectivity index (χ2v) is 4.94. The van der Waals surface area contributed by atoms with Crippen molar-refractivity contribution < 1.29 is 4.79 Å². The normalized spacial score (nSPS) is 10.4. The van der Waals surface area contributed by atoms with Crippen LogP contribution in [0.3, 0.4) is 0 Å². The Kier molecular flexibility index (Phi) is 6.45. The van der Waals surface area contributed by atoms with Crippen LogP contribution in [0.1, 0.15) is 25.0 Å². The number of aromatic nitrogens is 1. The Morgan fingerprint density at radius 1 is 1.35 bits per heavy atom. The Morgan fingerprint density at radius 2 is 2.00 bits per heavy atom. The lowest BCUT2D eigenvalue weighted by Gasteiger charge is -2.24. The number of anilines is 1. The van der Waals surface area contributed by atoms with E-state index in [1.165, 1.54) is 0 Å². The van der Waals surface area contributed by atoms with Gasteiger partial charge in [0.2, 0.25) is 5.91 Å². The second kappa shape index (κ2) is 7.85. The molecule has 5 heteroatoms. The molecular formula is C15H26N4O. The van der Waals surface area contributed by atoms with Crippen LogP contribution in [-0.2, 0) is 11.3 Å². The average Bonchev–Trinajstić information content (AvgIpc) is 2.40. The number of nitrogens with one attached hydrogen (secondary N) is 1. The Bertz CT molecular complexity index is 443. The van der Waals surface area contributed by atoms with Gasteiger partial charge in [-0.25, -0.2) is 4.98 Å². The number of amides is 1. The highest BCUT2D eigenvalue weighted by Gasteiger charge is 2.15. The van der Waals surface area contributed by atoms with Crippen molar-refractivity contribution >= 4 is 11.7 Å². The topological polar surface area (TPSA) is 48.5 Å². The number of hydrogen-bond acceptors (Lipinski definition) is 4. The summed E-state index contributed by atoms with van der Waals surface area (Å²) in [4.78, 5) is 20.3. The number of aryl methyl sites for hydroxylation is 1. The summed E-state index contributed by atoms with van der Waals surface area (Å²) in [7, 11) is 3.83. The summed E-state index contributed by atoms with van der Waals surface area (Å²) < 4.78 is 0. The minimum absolute atomic E-state index is 0.137. The molecule has 0 aliphatic heterocycles. The lowest BCUT2D eigenvalue weighted by Crippen LogP contribution is -2.39. The summed E-state index contributed by atoms with van der Waals surface area (Å²) in [5.41, 5.74) is 2.24. The van der Waals surface area contributed by atoms with E-state index in [0.29, 0.717) is 6.54 Å². The van der Waals surface area contributed by atoms with E-state index in [0.717, 1.165) is 36.6 Å². The number of likely N-dealkylation sites (N-methyl/N-ethyl adjacent to an activating group) is 2. The summed E-state index contributed by atoms with van der Waals surface area (Å²) in [5, 5.41) is 3.11. The van der Waals surface area contributed by atoms with Crippen molar-refractivity contribution in [3.63, 3.8) is 0 Å². The van der Waals surface area contributed by atoms with Crippen LogP contribution in [0, 0.1) is 6.92 Å². The van der Waals surface area contributed by atoms with E-state index in [1.807, 2.05) is 50.9 Å². The molecule has 1 aromatic heterocycles. The Hall–Kier alpha value is -1.62. The molecule has 112 valence electrons. The van der Waals surface area contributed by atoms with Crippen LogP contribution in [0.5, 0.6) is 0 Å². The first-order valence-electron chi connectivity index (χ1n) is 7.12. The second-order valence-electron chi connectivity index (χ2n) is 4.94. The van der Waals surface area contributed by atoms with E-state index in [9.17, 15) is 4.79 Å². The quantitative estimate of drug-likeness (QED) is 0.819. The van der Waals surface area contributed by atoms with Gasteiger partial charge in [0.05, 0.1) is 6.54 Å². The zero-order valence-electron chi connectivity index (χ0n) is 13.2. The fourth-order valence-electron chi connectivity index (χ4n) is 2.28. The summed E-state index contributed by atoms with van der Waals surface area (Å²) >= 11 is 0. The molecule has 0 aromatic carbocycles. The van der Waals surface area contributed by atoms with Crippen molar-refractivity contribution in [2.45, 2.75) is 27.3 Å². The zero-order chi connectivity index (χ0) is 15.1. The minimum Gasteiger partial charge on any atom is -0.350 e. The molecule has 20 heavy (non-hydrogen) atoms. The summed E-state index contributed by atoms with van der Waals surface area (Å²) in [6.07, 6.45) is 1.86. The van der Waals surface area contributed by atoms with E-state index in [1.54, 1.807) is 0 Å². The van der Waals surface area contributed by atoms with Crippen molar-refractivity contribution in [2.75, 3.05) is 38.6 Å². The number of hydrogen-bond donors (Lipinski definition) is 1. The van der Waals surface area contributed by atoms with E-state index >= 15 is 0 Å². The molecule has 0 unspecified atom stereocenters. The minimum atomic E-state index is 0.137. The molecule has 1 N–H and O–H groups in total. The van der Waals surface area contributed by atoms with Gasteiger partial charge in [0, 0.05) is 32.9 Å². The van der Waals surface area contributed by atoms with Gasteiger partial charge < -0.3 is 15.1 Å². The van der Waals surface area contributed by atoms with Crippen LogP contribution in [0.4, 0.5) is 5.82 Å². The molecule has 0 aliphatic rings. The van der Waals surface area contributed by atoms with E-state index < -0.39 is 0 Å². The highest BCUT2D eigenvalue weighted by molar-refractivity contribution is 5.81. The highest BCUT2D eigenvalue weighted by atomic mass is 16.2. The standard InChI is InChI=1S/C15H26N4O/c1-6-19(7-2)14(20)11-18(5)15-12(3)8-13(9-16-4)10-17-15/h8,10,16H,6-7,9,11H2,1-5H3. The number of carbonyl (C=O) groups excluding carboxylic acids is 1. The largest absolute Gasteiger partial charge is 0.350 e. The first-order valence-corrected chi connectivity index (χ1v) is 7.12. The van der Waals surface area contributed by atoms with Gasteiger partial charge in [0.1, 0.15) is 5.82 Å². The Labute approximate surface area is 122 Å². The van der Waals surface area contributed by atoms with E-state index in [2.05, 4.69) is 16.4 Å². The van der Waals surface area contributed by atoms with E-state index in [4.69, 9.17) is 0 Å². The van der Waals surface area contributed by atoms with Crippen molar-refractivity contribution in [3.8, 4) is 0 Å². The molecule has 1 rings (SSSR count). The third-order valence-electron chi connectivity index (χ3n) is 3.34. The molecule has 0 atom stereocenters. The first-order chi connectivity index (χ1) is 9.53. The lowest BCUT2D eigenvalue weighted by molar-refractivity contribution is -0.129. The fraction of sp³-hybridized carbons (Fsp3) is 0.600. The smallest absolute Gasteiger partial charge is 0.242 e. The highest BCUT2D eigenvalue weighted by Crippen LogP contribution is 2.16. The van der Waals surface area contributed by atoms with Crippen LogP contribution >= 0.6 is 0 Å². The molecule has 1 amide bonds. The third kappa shape index (κ3) is 4.20. The maximum absolute atomic E-state index is 12.1. The predicted octanol–water partition coefficient (Wildman–Crippen LogP) is 1.41. The first kappa shape index (κ1) is 16.4. The fourth-order valence-corrected chi connectivity index (χ4v) is 2.28. The van der Waals surface area contributed by atoms with Crippen LogP contribution in [0.25, 0.3) is 0 Å². The van der Waals surface area contributed by atoms with Crippen molar-refractivity contribution in [1.82, 2.24) is 15.2 Å². The predicted molar refractivity (Wildman–Crippen MR) is 82.9 cm³/mol. The molecule has 0 bridgehead atoms. The number of pyridine rings is 1. The molecule has 0 spiro atoms. The van der Waals surface area contributed by atoms with Crippen LogP contribution in [0.15, 0.2) is 12.3 Å². The molecule has 0 fully saturated rings. The number of nitrogens with zero attached hydrogens (tertiary/aromatic N) is 3. The maximum Gasteiger partial charge on any atom is 0.242 e. The van der Waals surface area contributed by atoms with Gasteiger partial charge >= 0.3 is 0 Å². The van der Waals surface area contributed by atoms with Crippen molar-refractivity contribution in [2.24, 2.45) is 0 Å². The monoisotopic (exact) mass is 278 g/mol. The Balaban J connectivity index is 2.77. The van der Waals surface area contributed by atoms with Crippen molar-refractivity contribution in [1.29, 1.82) is 0 Å². The molecule has 0 aliphatic carbocycles. The van der Waals surface area contributed by atoms with E-state index in [-0.39, 0.29) is 5.91 Å². The molecular weight excluding hydrogens is 252 g/mol. The number of rotatable bonds is 7. The summed E-state index contributed by atoms with van der Waals surface area (Å²) in [6.45, 7) is 8.68. The lowest BCUT2D eigenvalue weighted by atomic mass is 10.2. The molecule has 1 aromatic rings. The van der Waals surface area contributed by atoms with Crippen LogP contribution < -0.4 is 10.2 Å².